The van der Waals surface area contributed by atoms with Crippen LogP contribution in [0, 0.1) is 5.82 Å². The molecule has 0 saturated carbocycles. The van der Waals surface area contributed by atoms with Gasteiger partial charge in [-0.1, -0.05) is 12.1 Å². The number of hydrogen-bond donors (Lipinski definition) is 2. The van der Waals surface area contributed by atoms with Crippen molar-refractivity contribution in [3.8, 4) is 0 Å². The van der Waals surface area contributed by atoms with Crippen LogP contribution >= 0.6 is 0 Å². The molecule has 0 atom stereocenters. The van der Waals surface area contributed by atoms with E-state index in [0.29, 0.717) is 17.1 Å². The predicted octanol–water partition coefficient (Wildman–Crippen LogP) is 2.28. The minimum Gasteiger partial charge on any atom is -0.320 e. The van der Waals surface area contributed by atoms with Gasteiger partial charge in [-0.2, -0.15) is 0 Å². The SMILES string of the molecule is CNCC(=O)N1c2ccccc2NC(=O)c2cc(F)ccc21. The lowest BCUT2D eigenvalue weighted by molar-refractivity contribution is -0.117. The number of carbonyl (C=O) groups is 2. The van der Waals surface area contributed by atoms with Crippen molar-refractivity contribution >= 4 is 28.9 Å². The van der Waals surface area contributed by atoms with Gasteiger partial charge in [0.2, 0.25) is 5.91 Å². The first kappa shape index (κ1) is 14.2. The molecule has 2 aromatic carbocycles. The number of nitrogens with one attached hydrogen (secondary N) is 2. The minimum atomic E-state index is -0.527. The van der Waals surface area contributed by atoms with E-state index in [-0.39, 0.29) is 18.0 Å². The molecule has 2 amide bonds. The second-order valence-corrected chi connectivity index (χ2v) is 4.89. The topological polar surface area (TPSA) is 61.4 Å². The van der Waals surface area contributed by atoms with Crippen LogP contribution in [0.3, 0.4) is 0 Å². The lowest BCUT2D eigenvalue weighted by Gasteiger charge is -2.23. The van der Waals surface area contributed by atoms with Crippen molar-refractivity contribution < 1.29 is 14.0 Å². The summed E-state index contributed by atoms with van der Waals surface area (Å²) in [5.41, 5.74) is 1.56. The maximum atomic E-state index is 13.5. The Kier molecular flexibility index (Phi) is 3.60. The highest BCUT2D eigenvalue weighted by Gasteiger charge is 2.29. The summed E-state index contributed by atoms with van der Waals surface area (Å²) in [5.74, 6) is -1.21. The van der Waals surface area contributed by atoms with Gasteiger partial charge in [0, 0.05) is 0 Å². The van der Waals surface area contributed by atoms with Crippen LogP contribution in [-0.4, -0.2) is 25.4 Å². The van der Waals surface area contributed by atoms with Gasteiger partial charge in [0.15, 0.2) is 0 Å². The van der Waals surface area contributed by atoms with Crippen molar-refractivity contribution in [2.24, 2.45) is 0 Å². The molecule has 0 unspecified atom stereocenters. The first-order valence-electron chi connectivity index (χ1n) is 6.79. The van der Waals surface area contributed by atoms with Crippen LogP contribution < -0.4 is 15.5 Å². The molecular weight excluding hydrogens is 285 g/mol. The fraction of sp³-hybridized carbons (Fsp3) is 0.125. The molecule has 2 aromatic rings. The molecule has 0 bridgehead atoms. The van der Waals surface area contributed by atoms with E-state index in [4.69, 9.17) is 0 Å². The van der Waals surface area contributed by atoms with E-state index in [0.717, 1.165) is 6.07 Å². The number of anilines is 3. The maximum absolute atomic E-state index is 13.5. The Bertz CT molecular complexity index is 761. The number of rotatable bonds is 2. The van der Waals surface area contributed by atoms with Crippen LogP contribution in [0.4, 0.5) is 21.5 Å². The highest BCUT2D eigenvalue weighted by molar-refractivity contribution is 6.17. The average Bonchev–Trinajstić information content (AvgIpc) is 2.62. The van der Waals surface area contributed by atoms with Gasteiger partial charge < -0.3 is 10.6 Å². The zero-order chi connectivity index (χ0) is 15.7. The zero-order valence-electron chi connectivity index (χ0n) is 11.9. The summed E-state index contributed by atoms with van der Waals surface area (Å²) in [4.78, 5) is 26.2. The summed E-state index contributed by atoms with van der Waals surface area (Å²) in [7, 11) is 1.66. The van der Waals surface area contributed by atoms with Crippen LogP contribution in [0.2, 0.25) is 0 Å². The average molecular weight is 299 g/mol. The van der Waals surface area contributed by atoms with Crippen molar-refractivity contribution in [1.29, 1.82) is 0 Å². The van der Waals surface area contributed by atoms with Crippen LogP contribution in [0.15, 0.2) is 42.5 Å². The smallest absolute Gasteiger partial charge is 0.257 e. The second kappa shape index (κ2) is 5.57. The normalized spacial score (nSPS) is 13.0. The van der Waals surface area contributed by atoms with Crippen LogP contribution in [0.25, 0.3) is 0 Å². The zero-order valence-corrected chi connectivity index (χ0v) is 11.9. The Morgan fingerprint density at radius 1 is 1.23 bits per heavy atom. The summed E-state index contributed by atoms with van der Waals surface area (Å²) in [6, 6.07) is 10.8. The van der Waals surface area contributed by atoms with Gasteiger partial charge in [0.1, 0.15) is 5.82 Å². The number of likely N-dealkylation sites (N-methyl/N-ethyl adjacent to an activating group) is 1. The van der Waals surface area contributed by atoms with Gasteiger partial charge in [-0.15, -0.1) is 0 Å². The molecule has 1 aliphatic rings. The second-order valence-electron chi connectivity index (χ2n) is 4.89. The molecule has 5 nitrogen and oxygen atoms in total. The summed E-state index contributed by atoms with van der Waals surface area (Å²) < 4.78 is 13.5. The number of amides is 2. The van der Waals surface area contributed by atoms with Gasteiger partial charge in [0.05, 0.1) is 29.2 Å². The van der Waals surface area contributed by atoms with E-state index in [1.54, 1.807) is 31.3 Å². The van der Waals surface area contributed by atoms with E-state index >= 15 is 0 Å². The van der Waals surface area contributed by atoms with Gasteiger partial charge in [0.25, 0.3) is 5.91 Å². The number of nitrogens with zero attached hydrogens (tertiary/aromatic N) is 1. The molecule has 1 aliphatic heterocycles. The van der Waals surface area contributed by atoms with Gasteiger partial charge in [-0.05, 0) is 37.4 Å². The maximum Gasteiger partial charge on any atom is 0.257 e. The Morgan fingerprint density at radius 3 is 2.77 bits per heavy atom. The third kappa shape index (κ3) is 2.33. The van der Waals surface area contributed by atoms with Crippen molar-refractivity contribution in [3.05, 3.63) is 53.8 Å². The largest absolute Gasteiger partial charge is 0.320 e. The summed E-state index contributed by atoms with van der Waals surface area (Å²) in [5, 5.41) is 5.51. The number of para-hydroxylation sites is 2. The lowest BCUT2D eigenvalue weighted by Crippen LogP contribution is -2.34. The molecular formula is C16H14FN3O2. The number of carbonyl (C=O) groups excluding carboxylic acids is 2. The molecule has 3 rings (SSSR count). The first-order chi connectivity index (χ1) is 10.6. The lowest BCUT2D eigenvalue weighted by atomic mass is 10.1. The first-order valence-corrected chi connectivity index (χ1v) is 6.79. The van der Waals surface area contributed by atoms with E-state index in [1.807, 2.05) is 0 Å². The number of halogens is 1. The van der Waals surface area contributed by atoms with Gasteiger partial charge >= 0.3 is 0 Å². The number of fused-ring (bicyclic) bond motifs is 2. The Labute approximate surface area is 126 Å². The molecule has 6 heteroatoms. The molecule has 22 heavy (non-hydrogen) atoms. The number of benzene rings is 2. The van der Waals surface area contributed by atoms with Crippen molar-refractivity contribution in [2.75, 3.05) is 23.8 Å². The van der Waals surface area contributed by atoms with Crippen molar-refractivity contribution in [3.63, 3.8) is 0 Å². The monoisotopic (exact) mass is 299 g/mol. The highest BCUT2D eigenvalue weighted by atomic mass is 19.1. The third-order valence-electron chi connectivity index (χ3n) is 3.41. The quantitative estimate of drug-likeness (QED) is 0.894. The molecule has 2 N–H and O–H groups in total. The molecule has 0 fully saturated rings. The molecule has 1 heterocycles. The fourth-order valence-corrected chi connectivity index (χ4v) is 2.48. The van der Waals surface area contributed by atoms with E-state index < -0.39 is 11.7 Å². The van der Waals surface area contributed by atoms with E-state index in [1.165, 1.54) is 17.0 Å². The van der Waals surface area contributed by atoms with Gasteiger partial charge in [-0.3, -0.25) is 14.5 Å². The molecule has 0 aliphatic carbocycles. The molecule has 0 aromatic heterocycles. The Balaban J connectivity index is 2.24. The summed E-state index contributed by atoms with van der Waals surface area (Å²) >= 11 is 0. The van der Waals surface area contributed by atoms with Crippen LogP contribution in [0.5, 0.6) is 0 Å². The van der Waals surface area contributed by atoms with E-state index in [9.17, 15) is 14.0 Å². The summed E-state index contributed by atoms with van der Waals surface area (Å²) in [6.07, 6.45) is 0. The molecule has 0 saturated heterocycles. The predicted molar refractivity (Wildman–Crippen MR) is 81.9 cm³/mol. The van der Waals surface area contributed by atoms with E-state index in [2.05, 4.69) is 10.6 Å². The highest BCUT2D eigenvalue weighted by Crippen LogP contribution is 2.37. The molecule has 0 radical (unpaired) electrons. The fourth-order valence-electron chi connectivity index (χ4n) is 2.48. The van der Waals surface area contributed by atoms with Crippen molar-refractivity contribution in [1.82, 2.24) is 5.32 Å². The molecule has 112 valence electrons. The molecule has 0 spiro atoms. The summed E-state index contributed by atoms with van der Waals surface area (Å²) in [6.45, 7) is 0.0966. The minimum absolute atomic E-state index is 0.0966. The number of hydrogen-bond acceptors (Lipinski definition) is 3. The Hall–Kier alpha value is -2.73. The Morgan fingerprint density at radius 2 is 2.00 bits per heavy atom. The third-order valence-corrected chi connectivity index (χ3v) is 3.41. The van der Waals surface area contributed by atoms with Gasteiger partial charge in [-0.25, -0.2) is 4.39 Å². The van der Waals surface area contributed by atoms with Crippen LogP contribution in [0.1, 0.15) is 10.4 Å². The van der Waals surface area contributed by atoms with Crippen LogP contribution in [-0.2, 0) is 4.79 Å². The standard InChI is InChI=1S/C16H14FN3O2/c1-18-9-15(21)20-13-7-6-10(17)8-11(13)16(22)19-12-4-2-3-5-14(12)20/h2-8,18H,9H2,1H3,(H,19,22). The van der Waals surface area contributed by atoms with Crippen molar-refractivity contribution in [2.45, 2.75) is 0 Å².